The van der Waals surface area contributed by atoms with E-state index in [9.17, 15) is 13.2 Å². The van der Waals surface area contributed by atoms with Crippen LogP contribution in [0.2, 0.25) is 0 Å². The summed E-state index contributed by atoms with van der Waals surface area (Å²) in [5.74, 6) is 0.929. The van der Waals surface area contributed by atoms with Crippen molar-refractivity contribution in [3.05, 3.63) is 29.6 Å². The topological polar surface area (TPSA) is 99.3 Å². The number of aromatic amines is 1. The number of rotatable bonds is 5. The number of carbonyl (C=O) groups is 1. The Morgan fingerprint density at radius 2 is 2.00 bits per heavy atom. The van der Waals surface area contributed by atoms with Crippen LogP contribution < -0.4 is 4.90 Å². The van der Waals surface area contributed by atoms with E-state index in [4.69, 9.17) is 0 Å². The number of anilines is 1. The number of nitrogens with zero attached hydrogens (tertiary/aromatic N) is 4. The Balaban J connectivity index is 1.52. The molecule has 10 heteroatoms. The molecule has 1 aromatic carbocycles. The van der Waals surface area contributed by atoms with Crippen molar-refractivity contribution in [2.45, 2.75) is 42.7 Å². The highest BCUT2D eigenvalue weighted by Gasteiger charge is 2.29. The summed E-state index contributed by atoms with van der Waals surface area (Å²) in [5.41, 5.74) is 1.72. The molecule has 2 aromatic rings. The Hall–Kier alpha value is -1.91. The molecule has 1 N–H and O–H groups in total. The monoisotopic (exact) mass is 421 g/mol. The fourth-order valence-electron chi connectivity index (χ4n) is 3.66. The van der Waals surface area contributed by atoms with Crippen LogP contribution >= 0.6 is 11.8 Å². The minimum absolute atomic E-state index is 0.0245. The number of benzene rings is 1. The first-order chi connectivity index (χ1) is 13.4. The predicted molar refractivity (Wildman–Crippen MR) is 107 cm³/mol. The van der Waals surface area contributed by atoms with Crippen LogP contribution in [-0.4, -0.2) is 59.2 Å². The minimum atomic E-state index is -3.45. The molecule has 0 radical (unpaired) electrons. The van der Waals surface area contributed by atoms with Gasteiger partial charge in [-0.1, -0.05) is 11.8 Å². The van der Waals surface area contributed by atoms with E-state index in [-0.39, 0.29) is 11.7 Å². The summed E-state index contributed by atoms with van der Waals surface area (Å²) >= 11 is 1.29. The highest BCUT2D eigenvalue weighted by Crippen LogP contribution is 2.32. The number of carbonyl (C=O) groups excluding carboxylic acids is 1. The SMILES string of the molecule is Cc1nc(SCC(=O)N2CCCc3cc(S(=O)(=O)N4CCCC4)ccc32)n[nH]1. The molecular formula is C18H23N5O3S2. The Morgan fingerprint density at radius 1 is 1.21 bits per heavy atom. The van der Waals surface area contributed by atoms with Crippen LogP contribution in [0.25, 0.3) is 0 Å². The fourth-order valence-corrected chi connectivity index (χ4v) is 5.95. The lowest BCUT2D eigenvalue weighted by molar-refractivity contribution is -0.116. The molecule has 0 bridgehead atoms. The van der Waals surface area contributed by atoms with E-state index < -0.39 is 10.0 Å². The van der Waals surface area contributed by atoms with Crippen molar-refractivity contribution >= 4 is 33.4 Å². The number of nitrogens with one attached hydrogen (secondary N) is 1. The number of thioether (sulfide) groups is 1. The van der Waals surface area contributed by atoms with Crippen molar-refractivity contribution in [3.8, 4) is 0 Å². The highest BCUT2D eigenvalue weighted by atomic mass is 32.2. The highest BCUT2D eigenvalue weighted by molar-refractivity contribution is 7.99. The normalized spacial score (nSPS) is 17.7. The van der Waals surface area contributed by atoms with E-state index in [1.54, 1.807) is 27.4 Å². The van der Waals surface area contributed by atoms with Gasteiger partial charge in [0, 0.05) is 25.3 Å². The Kier molecular flexibility index (Phi) is 5.44. The third kappa shape index (κ3) is 3.81. The average molecular weight is 422 g/mol. The molecule has 1 aromatic heterocycles. The molecular weight excluding hydrogens is 398 g/mol. The Morgan fingerprint density at radius 3 is 2.71 bits per heavy atom. The lowest BCUT2D eigenvalue weighted by atomic mass is 10.0. The largest absolute Gasteiger partial charge is 0.311 e. The number of hydrogen-bond donors (Lipinski definition) is 1. The molecule has 0 spiro atoms. The van der Waals surface area contributed by atoms with Crippen LogP contribution in [0.3, 0.4) is 0 Å². The molecule has 0 unspecified atom stereocenters. The summed E-state index contributed by atoms with van der Waals surface area (Å²) in [6.07, 6.45) is 3.41. The summed E-state index contributed by atoms with van der Waals surface area (Å²) < 4.78 is 27.2. The number of H-pyrrole nitrogens is 1. The first-order valence-electron chi connectivity index (χ1n) is 9.40. The summed E-state index contributed by atoms with van der Waals surface area (Å²) in [7, 11) is -3.45. The number of amides is 1. The van der Waals surface area contributed by atoms with E-state index in [1.165, 1.54) is 11.8 Å². The van der Waals surface area contributed by atoms with Gasteiger partial charge in [0.15, 0.2) is 0 Å². The van der Waals surface area contributed by atoms with E-state index in [0.29, 0.717) is 35.5 Å². The molecule has 0 atom stereocenters. The van der Waals surface area contributed by atoms with Gasteiger partial charge in [-0.05, 0) is 56.4 Å². The quantitative estimate of drug-likeness (QED) is 0.741. The molecule has 1 fully saturated rings. The van der Waals surface area contributed by atoms with Gasteiger partial charge >= 0.3 is 0 Å². The van der Waals surface area contributed by atoms with Gasteiger partial charge in [0.05, 0.1) is 10.6 Å². The predicted octanol–water partition coefficient (Wildman–Crippen LogP) is 1.97. The molecule has 0 saturated carbocycles. The Bertz CT molecular complexity index is 983. The lowest BCUT2D eigenvalue weighted by Crippen LogP contribution is -2.37. The maximum absolute atomic E-state index is 12.8. The van der Waals surface area contributed by atoms with Gasteiger partial charge in [0.2, 0.25) is 21.1 Å². The third-order valence-corrected chi connectivity index (χ3v) is 7.80. The van der Waals surface area contributed by atoms with E-state index >= 15 is 0 Å². The second-order valence-electron chi connectivity index (χ2n) is 7.04. The first kappa shape index (κ1) is 19.4. The van der Waals surface area contributed by atoms with Crippen LogP contribution in [0, 0.1) is 6.92 Å². The van der Waals surface area contributed by atoms with Crippen molar-refractivity contribution in [1.29, 1.82) is 0 Å². The summed E-state index contributed by atoms with van der Waals surface area (Å²) in [5, 5.41) is 7.35. The molecule has 150 valence electrons. The zero-order chi connectivity index (χ0) is 19.7. The number of hydrogen-bond acceptors (Lipinski definition) is 6. The first-order valence-corrected chi connectivity index (χ1v) is 11.8. The Labute approximate surface area is 168 Å². The number of sulfonamides is 1. The zero-order valence-electron chi connectivity index (χ0n) is 15.7. The molecule has 2 aliphatic heterocycles. The second-order valence-corrected chi connectivity index (χ2v) is 9.92. The van der Waals surface area contributed by atoms with E-state index in [1.807, 2.05) is 6.92 Å². The van der Waals surface area contributed by atoms with Crippen molar-refractivity contribution in [2.75, 3.05) is 30.3 Å². The van der Waals surface area contributed by atoms with Crippen molar-refractivity contribution < 1.29 is 13.2 Å². The smallest absolute Gasteiger partial charge is 0.243 e. The van der Waals surface area contributed by atoms with Gasteiger partial charge in [-0.3, -0.25) is 9.89 Å². The molecule has 8 nitrogen and oxygen atoms in total. The van der Waals surface area contributed by atoms with Crippen LogP contribution in [-0.2, 0) is 21.2 Å². The molecule has 28 heavy (non-hydrogen) atoms. The molecule has 0 aliphatic carbocycles. The summed E-state index contributed by atoms with van der Waals surface area (Å²) in [4.78, 5) is 19.0. The van der Waals surface area contributed by atoms with Gasteiger partial charge in [0.1, 0.15) is 5.82 Å². The van der Waals surface area contributed by atoms with Gasteiger partial charge in [0.25, 0.3) is 0 Å². The summed E-state index contributed by atoms with van der Waals surface area (Å²) in [6.45, 7) is 3.62. The molecule has 1 saturated heterocycles. The summed E-state index contributed by atoms with van der Waals surface area (Å²) in [6, 6.07) is 5.15. The molecule has 2 aliphatic rings. The second kappa shape index (κ2) is 7.84. The molecule has 4 rings (SSSR count). The zero-order valence-corrected chi connectivity index (χ0v) is 17.4. The van der Waals surface area contributed by atoms with Crippen molar-refractivity contribution in [2.24, 2.45) is 0 Å². The van der Waals surface area contributed by atoms with Crippen LogP contribution in [0.1, 0.15) is 30.7 Å². The average Bonchev–Trinajstić information content (AvgIpc) is 3.37. The standard InChI is InChI=1S/C18H23N5O3S2/c1-13-19-18(21-20-13)27-12-17(24)23-10-4-5-14-11-15(6-7-16(14)23)28(25,26)22-8-2-3-9-22/h6-7,11H,2-5,8-10,12H2,1H3,(H,19,20,21). The van der Waals surface area contributed by atoms with Gasteiger partial charge < -0.3 is 4.90 Å². The van der Waals surface area contributed by atoms with Crippen LogP contribution in [0.4, 0.5) is 5.69 Å². The van der Waals surface area contributed by atoms with Crippen molar-refractivity contribution in [1.82, 2.24) is 19.5 Å². The van der Waals surface area contributed by atoms with Crippen LogP contribution in [0.15, 0.2) is 28.3 Å². The third-order valence-electron chi connectivity index (χ3n) is 5.07. The minimum Gasteiger partial charge on any atom is -0.311 e. The molecule has 1 amide bonds. The number of aromatic nitrogens is 3. The number of aryl methyl sites for hydroxylation is 2. The van der Waals surface area contributed by atoms with Crippen molar-refractivity contribution in [3.63, 3.8) is 0 Å². The van der Waals surface area contributed by atoms with Crippen LogP contribution in [0.5, 0.6) is 0 Å². The van der Waals surface area contributed by atoms with Gasteiger partial charge in [-0.15, -0.1) is 5.10 Å². The van der Waals surface area contributed by atoms with E-state index in [2.05, 4.69) is 15.2 Å². The fraction of sp³-hybridized carbons (Fsp3) is 0.500. The van der Waals surface area contributed by atoms with Gasteiger partial charge in [-0.25, -0.2) is 13.4 Å². The number of fused-ring (bicyclic) bond motifs is 1. The maximum Gasteiger partial charge on any atom is 0.243 e. The van der Waals surface area contributed by atoms with E-state index in [0.717, 1.165) is 36.9 Å². The maximum atomic E-state index is 12.8. The lowest BCUT2D eigenvalue weighted by Gasteiger charge is -2.30. The van der Waals surface area contributed by atoms with Gasteiger partial charge in [-0.2, -0.15) is 4.31 Å². The molecule has 3 heterocycles.